The van der Waals surface area contributed by atoms with Crippen molar-refractivity contribution in [1.82, 2.24) is 25.1 Å². The van der Waals surface area contributed by atoms with Crippen molar-refractivity contribution in [2.24, 2.45) is 0 Å². The molecule has 140 valence electrons. The molecule has 1 amide bonds. The number of aromatic nitrogens is 4. The SMILES string of the molecule is CCCNCC(c1ccccc1)n1cc(NC(=O)c2nccnc2N)cn1. The summed E-state index contributed by atoms with van der Waals surface area (Å²) in [6.07, 6.45) is 7.34. The molecule has 1 atom stereocenters. The van der Waals surface area contributed by atoms with E-state index in [0.717, 1.165) is 25.1 Å². The summed E-state index contributed by atoms with van der Waals surface area (Å²) in [5, 5.41) is 10.6. The van der Waals surface area contributed by atoms with Crippen LogP contribution in [0.15, 0.2) is 55.1 Å². The van der Waals surface area contributed by atoms with Crippen molar-refractivity contribution in [2.75, 3.05) is 24.1 Å². The van der Waals surface area contributed by atoms with E-state index in [1.54, 1.807) is 12.4 Å². The average Bonchev–Trinajstić information content (AvgIpc) is 3.14. The molecule has 0 saturated heterocycles. The van der Waals surface area contributed by atoms with Gasteiger partial charge in [-0.25, -0.2) is 9.97 Å². The predicted molar refractivity (Wildman–Crippen MR) is 104 cm³/mol. The summed E-state index contributed by atoms with van der Waals surface area (Å²) in [6.45, 7) is 3.80. The molecule has 3 rings (SSSR count). The number of carbonyl (C=O) groups excluding carboxylic acids is 1. The highest BCUT2D eigenvalue weighted by molar-refractivity contribution is 6.05. The molecule has 3 aromatic rings. The van der Waals surface area contributed by atoms with E-state index in [1.807, 2.05) is 22.9 Å². The van der Waals surface area contributed by atoms with Gasteiger partial charge in [-0.15, -0.1) is 0 Å². The lowest BCUT2D eigenvalue weighted by Crippen LogP contribution is -2.27. The fourth-order valence-electron chi connectivity index (χ4n) is 2.74. The highest BCUT2D eigenvalue weighted by Gasteiger charge is 2.17. The standard InChI is InChI=1S/C19H23N7O/c1-2-8-21-12-16(14-6-4-3-5-7-14)26-13-15(11-24-26)25-19(27)17-18(20)23-10-9-22-17/h3-7,9-11,13,16,21H,2,8,12H2,1H3,(H2,20,23)(H,25,27). The smallest absolute Gasteiger partial charge is 0.278 e. The Balaban J connectivity index is 1.77. The largest absolute Gasteiger partial charge is 0.382 e. The Morgan fingerprint density at radius 1 is 1.22 bits per heavy atom. The number of benzene rings is 1. The van der Waals surface area contributed by atoms with Gasteiger partial charge in [0.1, 0.15) is 0 Å². The van der Waals surface area contributed by atoms with Crippen LogP contribution >= 0.6 is 0 Å². The minimum absolute atomic E-state index is 0.0185. The van der Waals surface area contributed by atoms with E-state index in [-0.39, 0.29) is 17.6 Å². The molecule has 4 N–H and O–H groups in total. The number of nitrogens with one attached hydrogen (secondary N) is 2. The first-order chi connectivity index (χ1) is 13.2. The summed E-state index contributed by atoms with van der Waals surface area (Å²) in [4.78, 5) is 20.2. The van der Waals surface area contributed by atoms with Crippen LogP contribution in [0.4, 0.5) is 11.5 Å². The minimum atomic E-state index is -0.416. The van der Waals surface area contributed by atoms with Crippen LogP contribution in [0, 0.1) is 0 Å². The van der Waals surface area contributed by atoms with Gasteiger partial charge in [0.25, 0.3) is 5.91 Å². The quantitative estimate of drug-likeness (QED) is 0.527. The lowest BCUT2D eigenvalue weighted by Gasteiger charge is -2.18. The molecule has 8 heteroatoms. The van der Waals surface area contributed by atoms with E-state index >= 15 is 0 Å². The molecule has 0 aliphatic rings. The lowest BCUT2D eigenvalue weighted by molar-refractivity contribution is 0.102. The second-order valence-electron chi connectivity index (χ2n) is 6.08. The van der Waals surface area contributed by atoms with Crippen molar-refractivity contribution in [3.8, 4) is 0 Å². The Labute approximate surface area is 157 Å². The maximum absolute atomic E-state index is 12.4. The number of amides is 1. The second kappa shape index (κ2) is 8.91. The predicted octanol–water partition coefficient (Wildman–Crippen LogP) is 2.10. The monoisotopic (exact) mass is 365 g/mol. The molecule has 0 saturated carbocycles. The van der Waals surface area contributed by atoms with Crippen LogP contribution in [0.2, 0.25) is 0 Å². The Kier molecular flexibility index (Phi) is 6.11. The molecule has 8 nitrogen and oxygen atoms in total. The Morgan fingerprint density at radius 3 is 2.74 bits per heavy atom. The average molecular weight is 365 g/mol. The molecule has 0 spiro atoms. The normalized spacial score (nSPS) is 11.9. The highest BCUT2D eigenvalue weighted by atomic mass is 16.1. The van der Waals surface area contributed by atoms with Crippen molar-refractivity contribution in [3.63, 3.8) is 0 Å². The van der Waals surface area contributed by atoms with Crippen molar-refractivity contribution in [1.29, 1.82) is 0 Å². The van der Waals surface area contributed by atoms with Crippen LogP contribution < -0.4 is 16.4 Å². The Hall–Kier alpha value is -3.26. The third kappa shape index (κ3) is 4.68. The number of hydrogen-bond donors (Lipinski definition) is 3. The van der Waals surface area contributed by atoms with Gasteiger partial charge in [0.05, 0.1) is 17.9 Å². The maximum Gasteiger partial charge on any atom is 0.278 e. The second-order valence-corrected chi connectivity index (χ2v) is 6.08. The number of nitrogen functional groups attached to an aromatic ring is 1. The van der Waals surface area contributed by atoms with Gasteiger partial charge >= 0.3 is 0 Å². The topological polar surface area (TPSA) is 111 Å². The van der Waals surface area contributed by atoms with Crippen molar-refractivity contribution >= 4 is 17.4 Å². The van der Waals surface area contributed by atoms with Crippen LogP contribution in [0.1, 0.15) is 35.4 Å². The third-order valence-corrected chi connectivity index (χ3v) is 4.07. The number of anilines is 2. The molecule has 0 aliphatic carbocycles. The summed E-state index contributed by atoms with van der Waals surface area (Å²) in [5.41, 5.74) is 7.51. The molecular formula is C19H23N7O. The lowest BCUT2D eigenvalue weighted by atomic mass is 10.1. The first-order valence-electron chi connectivity index (χ1n) is 8.86. The van der Waals surface area contributed by atoms with E-state index in [2.05, 4.69) is 44.8 Å². The third-order valence-electron chi connectivity index (χ3n) is 4.07. The molecule has 1 unspecified atom stereocenters. The number of nitrogens with zero attached hydrogens (tertiary/aromatic N) is 4. The minimum Gasteiger partial charge on any atom is -0.382 e. The van der Waals surface area contributed by atoms with Crippen molar-refractivity contribution in [2.45, 2.75) is 19.4 Å². The zero-order chi connectivity index (χ0) is 19.1. The summed E-state index contributed by atoms with van der Waals surface area (Å²) in [7, 11) is 0. The summed E-state index contributed by atoms with van der Waals surface area (Å²) in [6, 6.07) is 10.2. The van der Waals surface area contributed by atoms with Crippen LogP contribution in [-0.2, 0) is 0 Å². The molecule has 2 heterocycles. The van der Waals surface area contributed by atoms with E-state index < -0.39 is 5.91 Å². The zero-order valence-electron chi connectivity index (χ0n) is 15.2. The van der Waals surface area contributed by atoms with E-state index in [9.17, 15) is 4.79 Å². The number of carbonyl (C=O) groups is 1. The van der Waals surface area contributed by atoms with Gasteiger partial charge < -0.3 is 16.4 Å². The zero-order valence-corrected chi connectivity index (χ0v) is 15.2. The van der Waals surface area contributed by atoms with Crippen molar-refractivity contribution in [3.05, 3.63) is 66.4 Å². The molecule has 27 heavy (non-hydrogen) atoms. The molecule has 0 bridgehead atoms. The van der Waals surface area contributed by atoms with E-state index in [4.69, 9.17) is 5.73 Å². The van der Waals surface area contributed by atoms with Crippen LogP contribution in [-0.4, -0.2) is 38.7 Å². The maximum atomic E-state index is 12.4. The summed E-state index contributed by atoms with van der Waals surface area (Å²) < 4.78 is 1.84. The van der Waals surface area contributed by atoms with Gasteiger partial charge in [0.15, 0.2) is 11.5 Å². The molecule has 2 aromatic heterocycles. The van der Waals surface area contributed by atoms with Crippen LogP contribution in [0.25, 0.3) is 0 Å². The fraction of sp³-hybridized carbons (Fsp3) is 0.263. The first kappa shape index (κ1) is 18.5. The molecule has 0 fully saturated rings. The fourth-order valence-corrected chi connectivity index (χ4v) is 2.74. The van der Waals surface area contributed by atoms with Gasteiger partial charge in [-0.3, -0.25) is 9.48 Å². The number of hydrogen-bond acceptors (Lipinski definition) is 6. The number of nitrogens with two attached hydrogens (primary N) is 1. The van der Waals surface area contributed by atoms with Gasteiger partial charge in [-0.1, -0.05) is 37.3 Å². The molecule has 1 aromatic carbocycles. The first-order valence-corrected chi connectivity index (χ1v) is 8.86. The van der Waals surface area contributed by atoms with E-state index in [0.29, 0.717) is 5.69 Å². The molecular weight excluding hydrogens is 342 g/mol. The van der Waals surface area contributed by atoms with Gasteiger partial charge in [-0.05, 0) is 18.5 Å². The summed E-state index contributed by atoms with van der Waals surface area (Å²) in [5.74, 6) is -0.325. The summed E-state index contributed by atoms with van der Waals surface area (Å²) >= 11 is 0. The van der Waals surface area contributed by atoms with Gasteiger partial charge in [0.2, 0.25) is 0 Å². The number of rotatable bonds is 8. The van der Waals surface area contributed by atoms with Crippen LogP contribution in [0.5, 0.6) is 0 Å². The van der Waals surface area contributed by atoms with Crippen LogP contribution in [0.3, 0.4) is 0 Å². The Bertz CT molecular complexity index is 879. The van der Waals surface area contributed by atoms with Crippen molar-refractivity contribution < 1.29 is 4.79 Å². The molecule has 0 radical (unpaired) electrons. The highest BCUT2D eigenvalue weighted by Crippen LogP contribution is 2.19. The molecule has 0 aliphatic heterocycles. The van der Waals surface area contributed by atoms with Gasteiger partial charge in [0, 0.05) is 25.1 Å². The Morgan fingerprint density at radius 2 is 2.00 bits per heavy atom. The van der Waals surface area contributed by atoms with Gasteiger partial charge in [-0.2, -0.15) is 5.10 Å². The van der Waals surface area contributed by atoms with E-state index in [1.165, 1.54) is 12.4 Å².